The maximum absolute atomic E-state index is 12.1. The van der Waals surface area contributed by atoms with Crippen LogP contribution in [0.1, 0.15) is 43.1 Å². The normalized spacial score (nSPS) is 12.4. The fourth-order valence-corrected chi connectivity index (χ4v) is 2.66. The molecule has 1 amide bonds. The van der Waals surface area contributed by atoms with Gasteiger partial charge in [-0.2, -0.15) is 11.8 Å². The summed E-state index contributed by atoms with van der Waals surface area (Å²) in [6, 6.07) is 7.89. The first-order valence-corrected chi connectivity index (χ1v) is 8.39. The van der Waals surface area contributed by atoms with Crippen LogP contribution < -0.4 is 11.1 Å². The number of amides is 1. The third-order valence-corrected chi connectivity index (χ3v) is 4.01. The molecule has 3 N–H and O–H groups in total. The van der Waals surface area contributed by atoms with E-state index in [1.54, 1.807) is 0 Å². The van der Waals surface area contributed by atoms with Gasteiger partial charge in [0, 0.05) is 23.9 Å². The first-order chi connectivity index (χ1) is 9.56. The lowest BCUT2D eigenvalue weighted by atomic mass is 10.0. The van der Waals surface area contributed by atoms with Gasteiger partial charge >= 0.3 is 0 Å². The summed E-state index contributed by atoms with van der Waals surface area (Å²) in [6.45, 7) is 6.90. The Balaban J connectivity index is 2.58. The van der Waals surface area contributed by atoms with Crippen molar-refractivity contribution in [3.8, 4) is 0 Å². The highest BCUT2D eigenvalue weighted by Crippen LogP contribution is 2.13. The van der Waals surface area contributed by atoms with Crippen LogP contribution in [0.4, 0.5) is 0 Å². The highest BCUT2D eigenvalue weighted by atomic mass is 32.2. The molecule has 0 radical (unpaired) electrons. The van der Waals surface area contributed by atoms with Gasteiger partial charge in [-0.3, -0.25) is 4.79 Å². The van der Waals surface area contributed by atoms with Gasteiger partial charge in [0.2, 0.25) is 0 Å². The highest BCUT2D eigenvalue weighted by molar-refractivity contribution is 7.98. The van der Waals surface area contributed by atoms with Crippen molar-refractivity contribution >= 4 is 17.7 Å². The van der Waals surface area contributed by atoms with Crippen molar-refractivity contribution in [1.29, 1.82) is 0 Å². The molecule has 1 aromatic rings. The Morgan fingerprint density at radius 3 is 2.45 bits per heavy atom. The molecule has 0 saturated carbocycles. The molecule has 1 atom stereocenters. The molecule has 0 aliphatic heterocycles. The van der Waals surface area contributed by atoms with Crippen LogP contribution in [-0.2, 0) is 5.75 Å². The Morgan fingerprint density at radius 2 is 1.95 bits per heavy atom. The molecule has 0 fully saturated rings. The Morgan fingerprint density at radius 1 is 1.30 bits per heavy atom. The molecule has 4 heteroatoms. The van der Waals surface area contributed by atoms with E-state index in [4.69, 9.17) is 5.73 Å². The summed E-state index contributed by atoms with van der Waals surface area (Å²) in [5.74, 6) is 2.60. The molecule has 1 aromatic carbocycles. The fourth-order valence-electron chi connectivity index (χ4n) is 2.02. The molecule has 1 unspecified atom stereocenters. The van der Waals surface area contributed by atoms with Crippen molar-refractivity contribution in [2.24, 2.45) is 11.7 Å². The number of hydrogen-bond donors (Lipinski definition) is 2. The second-order valence-electron chi connectivity index (χ2n) is 5.37. The number of nitrogens with one attached hydrogen (secondary N) is 1. The average Bonchev–Trinajstić information content (AvgIpc) is 2.44. The van der Waals surface area contributed by atoms with E-state index in [1.165, 1.54) is 5.56 Å². The number of carbonyl (C=O) groups excluding carboxylic acids is 1. The number of benzene rings is 1. The quantitative estimate of drug-likeness (QED) is 0.775. The molecule has 20 heavy (non-hydrogen) atoms. The van der Waals surface area contributed by atoms with Crippen molar-refractivity contribution < 1.29 is 4.79 Å². The van der Waals surface area contributed by atoms with Gasteiger partial charge in [0.1, 0.15) is 0 Å². The third kappa shape index (κ3) is 5.97. The van der Waals surface area contributed by atoms with Gasteiger partial charge in [-0.1, -0.05) is 32.9 Å². The summed E-state index contributed by atoms with van der Waals surface area (Å²) in [4.78, 5) is 12.1. The van der Waals surface area contributed by atoms with Crippen molar-refractivity contribution in [3.05, 3.63) is 35.4 Å². The van der Waals surface area contributed by atoms with Crippen LogP contribution in [0.3, 0.4) is 0 Å². The topological polar surface area (TPSA) is 55.1 Å². The van der Waals surface area contributed by atoms with E-state index in [1.807, 2.05) is 36.0 Å². The lowest BCUT2D eigenvalue weighted by Crippen LogP contribution is -2.41. The predicted molar refractivity (Wildman–Crippen MR) is 88.0 cm³/mol. The van der Waals surface area contributed by atoms with Crippen molar-refractivity contribution in [3.63, 3.8) is 0 Å². The van der Waals surface area contributed by atoms with Crippen LogP contribution in [0.5, 0.6) is 0 Å². The Hall–Kier alpha value is -1.00. The first-order valence-electron chi connectivity index (χ1n) is 7.24. The predicted octanol–water partition coefficient (Wildman–Crippen LogP) is 3.04. The zero-order valence-electron chi connectivity index (χ0n) is 12.7. The van der Waals surface area contributed by atoms with Gasteiger partial charge in [-0.25, -0.2) is 0 Å². The smallest absolute Gasteiger partial charge is 0.251 e. The maximum Gasteiger partial charge on any atom is 0.251 e. The van der Waals surface area contributed by atoms with Crippen LogP contribution in [0.25, 0.3) is 0 Å². The van der Waals surface area contributed by atoms with Crippen LogP contribution in [0, 0.1) is 5.92 Å². The Kier molecular flexibility index (Phi) is 7.70. The van der Waals surface area contributed by atoms with E-state index < -0.39 is 0 Å². The van der Waals surface area contributed by atoms with Gasteiger partial charge in [0.25, 0.3) is 5.91 Å². The maximum atomic E-state index is 12.1. The van der Waals surface area contributed by atoms with E-state index in [-0.39, 0.29) is 11.9 Å². The summed E-state index contributed by atoms with van der Waals surface area (Å²) in [6.07, 6.45) is 0.910. The van der Waals surface area contributed by atoms with Gasteiger partial charge in [-0.15, -0.1) is 0 Å². The number of nitrogens with two attached hydrogens (primary N) is 1. The monoisotopic (exact) mass is 294 g/mol. The summed E-state index contributed by atoms with van der Waals surface area (Å²) in [7, 11) is 0. The van der Waals surface area contributed by atoms with E-state index in [0.29, 0.717) is 18.0 Å². The molecule has 0 saturated heterocycles. The van der Waals surface area contributed by atoms with Crippen molar-refractivity contribution in [2.75, 3.05) is 12.3 Å². The van der Waals surface area contributed by atoms with Crippen LogP contribution >= 0.6 is 11.8 Å². The zero-order chi connectivity index (χ0) is 15.0. The molecular weight excluding hydrogens is 268 g/mol. The van der Waals surface area contributed by atoms with E-state index in [0.717, 1.165) is 17.9 Å². The second kappa shape index (κ2) is 9.03. The molecular formula is C16H26N2OS. The number of thioether (sulfide) groups is 1. The molecule has 1 rings (SSSR count). The summed E-state index contributed by atoms with van der Waals surface area (Å²) in [5, 5.41) is 3.01. The number of rotatable bonds is 8. The number of carbonyl (C=O) groups is 1. The van der Waals surface area contributed by atoms with Crippen LogP contribution in [0.2, 0.25) is 0 Å². The Bertz CT molecular complexity index is 403. The van der Waals surface area contributed by atoms with E-state index in [9.17, 15) is 4.79 Å². The molecule has 0 bridgehead atoms. The molecule has 0 aliphatic carbocycles. The standard InChI is InChI=1S/C16H26N2OS/c1-4-20-11-13-5-7-14(8-6-13)16(19)18-15(10-17)9-12(2)3/h5-8,12,15H,4,9-11,17H2,1-3H3,(H,18,19). The third-order valence-electron chi connectivity index (χ3n) is 3.06. The fraction of sp³-hybridized carbons (Fsp3) is 0.562. The molecule has 0 aliphatic rings. The van der Waals surface area contributed by atoms with Gasteiger partial charge in [0.05, 0.1) is 0 Å². The lowest BCUT2D eigenvalue weighted by Gasteiger charge is -2.18. The van der Waals surface area contributed by atoms with Gasteiger partial charge in [-0.05, 0) is 35.8 Å². The van der Waals surface area contributed by atoms with E-state index in [2.05, 4.69) is 26.1 Å². The first kappa shape index (κ1) is 17.1. The molecule has 3 nitrogen and oxygen atoms in total. The number of hydrogen-bond acceptors (Lipinski definition) is 3. The van der Waals surface area contributed by atoms with Gasteiger partial charge in [0.15, 0.2) is 0 Å². The lowest BCUT2D eigenvalue weighted by molar-refractivity contribution is 0.0934. The highest BCUT2D eigenvalue weighted by Gasteiger charge is 2.13. The minimum atomic E-state index is -0.0317. The van der Waals surface area contributed by atoms with Gasteiger partial charge < -0.3 is 11.1 Å². The largest absolute Gasteiger partial charge is 0.348 e. The minimum absolute atomic E-state index is 0.0317. The molecule has 0 heterocycles. The molecule has 0 spiro atoms. The summed E-state index contributed by atoms with van der Waals surface area (Å²) in [5.41, 5.74) is 7.67. The summed E-state index contributed by atoms with van der Waals surface area (Å²) >= 11 is 1.88. The van der Waals surface area contributed by atoms with Crippen molar-refractivity contribution in [1.82, 2.24) is 5.32 Å². The van der Waals surface area contributed by atoms with Crippen LogP contribution in [0.15, 0.2) is 24.3 Å². The minimum Gasteiger partial charge on any atom is -0.348 e. The van der Waals surface area contributed by atoms with Crippen LogP contribution in [-0.4, -0.2) is 24.2 Å². The SMILES string of the molecule is CCSCc1ccc(C(=O)NC(CN)CC(C)C)cc1. The molecule has 0 aromatic heterocycles. The average molecular weight is 294 g/mol. The van der Waals surface area contributed by atoms with E-state index >= 15 is 0 Å². The van der Waals surface area contributed by atoms with Crippen molar-refractivity contribution in [2.45, 2.75) is 39.0 Å². The Labute approximate surface area is 126 Å². The molecule has 112 valence electrons. The zero-order valence-corrected chi connectivity index (χ0v) is 13.5. The second-order valence-corrected chi connectivity index (χ2v) is 6.64. The summed E-state index contributed by atoms with van der Waals surface area (Å²) < 4.78 is 0.